The fraction of sp³-hybridized carbons (Fsp3) is 0.647. The van der Waals surface area contributed by atoms with Gasteiger partial charge in [-0.2, -0.15) is 0 Å². The van der Waals surface area contributed by atoms with E-state index in [0.29, 0.717) is 6.04 Å². The average molecular weight is 294 g/mol. The number of likely N-dealkylation sites (N-methyl/N-ethyl adjacent to an activating group) is 2. The molecule has 0 bridgehead atoms. The van der Waals surface area contributed by atoms with Gasteiger partial charge in [0.25, 0.3) is 0 Å². The lowest BCUT2D eigenvalue weighted by molar-refractivity contribution is 0.175. The molecule has 0 aliphatic rings. The molecule has 2 N–H and O–H groups in total. The SMILES string of the molecule is CCN[C@@H](CCO)CN(CC)[C@@H](C)c1ccccc1OC. The summed E-state index contributed by atoms with van der Waals surface area (Å²) in [5.41, 5.74) is 1.21. The number of benzene rings is 1. The maximum absolute atomic E-state index is 9.21. The van der Waals surface area contributed by atoms with Gasteiger partial charge in [0.1, 0.15) is 5.75 Å². The van der Waals surface area contributed by atoms with Gasteiger partial charge < -0.3 is 15.2 Å². The Morgan fingerprint density at radius 2 is 2.00 bits per heavy atom. The predicted octanol–water partition coefficient (Wildman–Crippen LogP) is 2.44. The Kier molecular flexibility index (Phi) is 8.35. The third kappa shape index (κ3) is 5.30. The first-order chi connectivity index (χ1) is 10.2. The summed E-state index contributed by atoms with van der Waals surface area (Å²) < 4.78 is 5.48. The Bertz CT molecular complexity index is 392. The van der Waals surface area contributed by atoms with Crippen molar-refractivity contribution in [2.45, 2.75) is 39.3 Å². The number of methoxy groups -OCH3 is 1. The lowest BCUT2D eigenvalue weighted by Gasteiger charge is -2.32. The van der Waals surface area contributed by atoms with Gasteiger partial charge >= 0.3 is 0 Å². The lowest BCUT2D eigenvalue weighted by Crippen LogP contribution is -2.42. The standard InChI is InChI=1S/C17H30N2O2/c1-5-18-15(11-12-20)13-19(6-2)14(3)16-9-7-8-10-17(16)21-4/h7-10,14-15,18,20H,5-6,11-13H2,1-4H3/t14-,15-/m0/s1. The molecule has 4 nitrogen and oxygen atoms in total. The fourth-order valence-electron chi connectivity index (χ4n) is 2.75. The zero-order valence-corrected chi connectivity index (χ0v) is 13.8. The van der Waals surface area contributed by atoms with Crippen LogP contribution in [0.3, 0.4) is 0 Å². The molecule has 0 aliphatic carbocycles. The Balaban J connectivity index is 2.82. The molecule has 120 valence electrons. The molecule has 0 aliphatic heterocycles. The van der Waals surface area contributed by atoms with Crippen LogP contribution in [0.15, 0.2) is 24.3 Å². The van der Waals surface area contributed by atoms with Crippen molar-refractivity contribution in [1.29, 1.82) is 0 Å². The summed E-state index contributed by atoms with van der Waals surface area (Å²) in [5.74, 6) is 0.936. The molecule has 0 radical (unpaired) electrons. The normalized spacial score (nSPS) is 14.2. The van der Waals surface area contributed by atoms with Crippen LogP contribution in [0.5, 0.6) is 5.75 Å². The Labute approximate surface area is 129 Å². The summed E-state index contributed by atoms with van der Waals surface area (Å²) in [6.45, 7) is 9.52. The maximum atomic E-state index is 9.21. The minimum atomic E-state index is 0.220. The van der Waals surface area contributed by atoms with Crippen LogP contribution in [0.1, 0.15) is 38.8 Å². The molecule has 0 spiro atoms. The number of nitrogens with one attached hydrogen (secondary N) is 1. The highest BCUT2D eigenvalue weighted by Crippen LogP contribution is 2.28. The van der Waals surface area contributed by atoms with Crippen LogP contribution < -0.4 is 10.1 Å². The van der Waals surface area contributed by atoms with E-state index in [-0.39, 0.29) is 12.6 Å². The smallest absolute Gasteiger partial charge is 0.123 e. The largest absolute Gasteiger partial charge is 0.496 e. The van der Waals surface area contributed by atoms with Gasteiger partial charge in [-0.15, -0.1) is 0 Å². The van der Waals surface area contributed by atoms with Gasteiger partial charge in [0, 0.05) is 30.8 Å². The second-order valence-corrected chi connectivity index (χ2v) is 5.27. The quantitative estimate of drug-likeness (QED) is 0.696. The number of hydrogen-bond acceptors (Lipinski definition) is 4. The van der Waals surface area contributed by atoms with E-state index in [2.05, 4.69) is 43.1 Å². The zero-order valence-electron chi connectivity index (χ0n) is 13.8. The topological polar surface area (TPSA) is 44.7 Å². The molecule has 0 fully saturated rings. The molecule has 1 aromatic carbocycles. The number of aliphatic hydroxyl groups is 1. The van der Waals surface area contributed by atoms with E-state index in [1.54, 1.807) is 7.11 Å². The van der Waals surface area contributed by atoms with Gasteiger partial charge in [0.05, 0.1) is 7.11 Å². The van der Waals surface area contributed by atoms with Crippen LogP contribution >= 0.6 is 0 Å². The number of hydrogen-bond donors (Lipinski definition) is 2. The van der Waals surface area contributed by atoms with Crippen LogP contribution in [0, 0.1) is 0 Å². The van der Waals surface area contributed by atoms with E-state index in [4.69, 9.17) is 4.74 Å². The van der Waals surface area contributed by atoms with Crippen molar-refractivity contribution in [3.8, 4) is 5.75 Å². The number of para-hydroxylation sites is 1. The van der Waals surface area contributed by atoms with E-state index >= 15 is 0 Å². The van der Waals surface area contributed by atoms with Crippen LogP contribution in [0.4, 0.5) is 0 Å². The van der Waals surface area contributed by atoms with Gasteiger partial charge in [-0.1, -0.05) is 32.0 Å². The minimum absolute atomic E-state index is 0.220. The molecule has 21 heavy (non-hydrogen) atoms. The second-order valence-electron chi connectivity index (χ2n) is 5.27. The van der Waals surface area contributed by atoms with Crippen LogP contribution in [-0.2, 0) is 0 Å². The Morgan fingerprint density at radius 1 is 1.29 bits per heavy atom. The number of rotatable bonds is 10. The van der Waals surface area contributed by atoms with Crippen molar-refractivity contribution in [2.24, 2.45) is 0 Å². The van der Waals surface area contributed by atoms with Gasteiger partial charge in [-0.25, -0.2) is 0 Å². The van der Waals surface area contributed by atoms with Crippen molar-refractivity contribution in [3.63, 3.8) is 0 Å². The molecule has 1 aromatic rings. The molecule has 0 saturated carbocycles. The summed E-state index contributed by atoms with van der Waals surface area (Å²) in [4.78, 5) is 2.42. The van der Waals surface area contributed by atoms with Gasteiger partial charge in [0.2, 0.25) is 0 Å². The van der Waals surface area contributed by atoms with Crippen LogP contribution in [0.2, 0.25) is 0 Å². The van der Waals surface area contributed by atoms with E-state index in [0.717, 1.165) is 31.8 Å². The number of nitrogens with zero attached hydrogens (tertiary/aromatic N) is 1. The van der Waals surface area contributed by atoms with E-state index in [9.17, 15) is 5.11 Å². The number of aliphatic hydroxyl groups excluding tert-OH is 1. The lowest BCUT2D eigenvalue weighted by atomic mass is 10.0. The molecular formula is C17H30N2O2. The molecule has 0 unspecified atom stereocenters. The molecular weight excluding hydrogens is 264 g/mol. The highest BCUT2D eigenvalue weighted by molar-refractivity contribution is 5.35. The van der Waals surface area contributed by atoms with Crippen molar-refractivity contribution in [2.75, 3.05) is 33.4 Å². The van der Waals surface area contributed by atoms with Gasteiger partial charge in [-0.05, 0) is 32.5 Å². The first-order valence-corrected chi connectivity index (χ1v) is 7.89. The molecule has 4 heteroatoms. The Morgan fingerprint density at radius 3 is 2.57 bits per heavy atom. The van der Waals surface area contributed by atoms with E-state index in [1.165, 1.54) is 5.56 Å². The van der Waals surface area contributed by atoms with Crippen molar-refractivity contribution < 1.29 is 9.84 Å². The first-order valence-electron chi connectivity index (χ1n) is 7.89. The molecule has 1 rings (SSSR count). The second kappa shape index (κ2) is 9.77. The molecule has 0 saturated heterocycles. The van der Waals surface area contributed by atoms with Gasteiger partial charge in [0.15, 0.2) is 0 Å². The summed E-state index contributed by atoms with van der Waals surface area (Å²) >= 11 is 0. The predicted molar refractivity (Wildman–Crippen MR) is 87.8 cm³/mol. The summed E-state index contributed by atoms with van der Waals surface area (Å²) in [5, 5.41) is 12.7. The van der Waals surface area contributed by atoms with Gasteiger partial charge in [-0.3, -0.25) is 4.90 Å². The third-order valence-corrected chi connectivity index (χ3v) is 3.97. The molecule has 2 atom stereocenters. The molecule has 0 amide bonds. The summed E-state index contributed by atoms with van der Waals surface area (Å²) in [6, 6.07) is 8.79. The summed E-state index contributed by atoms with van der Waals surface area (Å²) in [7, 11) is 1.72. The van der Waals surface area contributed by atoms with Crippen molar-refractivity contribution >= 4 is 0 Å². The van der Waals surface area contributed by atoms with Crippen LogP contribution in [-0.4, -0.2) is 49.4 Å². The fourth-order valence-corrected chi connectivity index (χ4v) is 2.75. The van der Waals surface area contributed by atoms with Crippen molar-refractivity contribution in [1.82, 2.24) is 10.2 Å². The monoisotopic (exact) mass is 294 g/mol. The zero-order chi connectivity index (χ0) is 15.7. The Hall–Kier alpha value is -1.10. The van der Waals surface area contributed by atoms with E-state index in [1.807, 2.05) is 12.1 Å². The number of ether oxygens (including phenoxy) is 1. The van der Waals surface area contributed by atoms with E-state index < -0.39 is 0 Å². The maximum Gasteiger partial charge on any atom is 0.123 e. The molecule has 0 aromatic heterocycles. The van der Waals surface area contributed by atoms with Crippen LogP contribution in [0.25, 0.3) is 0 Å². The average Bonchev–Trinajstić information content (AvgIpc) is 2.52. The first kappa shape index (κ1) is 18.0. The summed E-state index contributed by atoms with van der Waals surface area (Å²) in [6.07, 6.45) is 0.781. The molecule has 0 heterocycles. The van der Waals surface area contributed by atoms with Crippen molar-refractivity contribution in [3.05, 3.63) is 29.8 Å². The minimum Gasteiger partial charge on any atom is -0.496 e. The highest BCUT2D eigenvalue weighted by atomic mass is 16.5. The highest BCUT2D eigenvalue weighted by Gasteiger charge is 2.20. The third-order valence-electron chi connectivity index (χ3n) is 3.97.